The second kappa shape index (κ2) is 6.58. The Morgan fingerprint density at radius 1 is 1.38 bits per heavy atom. The third kappa shape index (κ3) is 3.11. The Labute approximate surface area is 125 Å². The van der Waals surface area contributed by atoms with Crippen molar-refractivity contribution in [2.45, 2.75) is 31.7 Å². The third-order valence-electron chi connectivity index (χ3n) is 4.55. The van der Waals surface area contributed by atoms with Crippen molar-refractivity contribution in [2.75, 3.05) is 39.4 Å². The van der Waals surface area contributed by atoms with Crippen LogP contribution in [0.4, 0.5) is 0 Å². The maximum absolute atomic E-state index is 12.6. The maximum Gasteiger partial charge on any atom is 0.245 e. The van der Waals surface area contributed by atoms with Gasteiger partial charge in [0.05, 0.1) is 19.5 Å². The smallest absolute Gasteiger partial charge is 0.245 e. The zero-order valence-corrected chi connectivity index (χ0v) is 12.6. The van der Waals surface area contributed by atoms with Crippen molar-refractivity contribution in [3.05, 3.63) is 18.2 Å². The summed E-state index contributed by atoms with van der Waals surface area (Å²) < 4.78 is 7.38. The molecule has 1 aromatic rings. The van der Waals surface area contributed by atoms with Gasteiger partial charge in [0.1, 0.15) is 6.04 Å². The van der Waals surface area contributed by atoms with E-state index in [9.17, 15) is 4.79 Å². The van der Waals surface area contributed by atoms with E-state index in [1.165, 1.54) is 5.69 Å². The molecule has 1 aromatic heterocycles. The first-order chi connectivity index (χ1) is 10.3. The van der Waals surface area contributed by atoms with Gasteiger partial charge in [0, 0.05) is 30.9 Å². The van der Waals surface area contributed by atoms with Crippen molar-refractivity contribution in [1.82, 2.24) is 19.8 Å². The van der Waals surface area contributed by atoms with Crippen molar-refractivity contribution in [1.29, 1.82) is 0 Å². The summed E-state index contributed by atoms with van der Waals surface area (Å²) in [7, 11) is 0. The summed E-state index contributed by atoms with van der Waals surface area (Å²) in [6.45, 7) is 6.74. The molecule has 1 atom stereocenters. The van der Waals surface area contributed by atoms with Crippen LogP contribution in [0.5, 0.6) is 0 Å². The lowest BCUT2D eigenvalue weighted by Gasteiger charge is -2.31. The third-order valence-corrected chi connectivity index (χ3v) is 4.55. The van der Waals surface area contributed by atoms with Gasteiger partial charge in [-0.2, -0.15) is 0 Å². The summed E-state index contributed by atoms with van der Waals surface area (Å²) in [6, 6.07) is -0.185. The maximum atomic E-state index is 12.6. The molecule has 3 heterocycles. The topological polar surface area (TPSA) is 59.4 Å². The number of ether oxygens (including phenoxy) is 1. The van der Waals surface area contributed by atoms with Gasteiger partial charge in [0.25, 0.3) is 0 Å². The van der Waals surface area contributed by atoms with Gasteiger partial charge in [-0.3, -0.25) is 4.79 Å². The average Bonchev–Trinajstić information content (AvgIpc) is 3.04. The van der Waals surface area contributed by atoms with Crippen LogP contribution in [0.25, 0.3) is 0 Å². The van der Waals surface area contributed by atoms with Crippen molar-refractivity contribution in [3.8, 4) is 0 Å². The van der Waals surface area contributed by atoms with Gasteiger partial charge in [0.2, 0.25) is 5.91 Å². The molecule has 6 nitrogen and oxygen atoms in total. The van der Waals surface area contributed by atoms with E-state index in [2.05, 4.69) is 14.9 Å². The Balaban J connectivity index is 1.73. The average molecular weight is 292 g/mol. The highest BCUT2D eigenvalue weighted by atomic mass is 16.5. The highest BCUT2D eigenvalue weighted by Gasteiger charge is 2.27. The second-order valence-corrected chi connectivity index (χ2v) is 5.86. The van der Waals surface area contributed by atoms with Crippen LogP contribution in [0.3, 0.4) is 0 Å². The van der Waals surface area contributed by atoms with E-state index >= 15 is 0 Å². The van der Waals surface area contributed by atoms with E-state index in [-0.39, 0.29) is 11.9 Å². The lowest BCUT2D eigenvalue weighted by molar-refractivity contribution is -0.138. The minimum absolute atomic E-state index is 0.173. The molecule has 0 aromatic carbocycles. The second-order valence-electron chi connectivity index (χ2n) is 5.86. The van der Waals surface area contributed by atoms with Gasteiger partial charge < -0.3 is 19.5 Å². The number of amides is 1. The Kier molecular flexibility index (Phi) is 4.55. The number of carbonyl (C=O) groups is 1. The molecule has 0 radical (unpaired) electrons. The minimum Gasteiger partial charge on any atom is -0.378 e. The zero-order valence-electron chi connectivity index (χ0n) is 12.6. The number of imidazole rings is 1. The van der Waals surface area contributed by atoms with Crippen LogP contribution in [0.15, 0.2) is 12.5 Å². The SMILES string of the molecule is CC(C(=O)N1CCOCC1)n1cncc1C1CCNCC1. The molecule has 2 fully saturated rings. The summed E-state index contributed by atoms with van der Waals surface area (Å²) in [5.41, 5.74) is 1.20. The first kappa shape index (κ1) is 14.5. The summed E-state index contributed by atoms with van der Waals surface area (Å²) in [6.07, 6.45) is 5.97. The predicted octanol–water partition coefficient (Wildman–Crippen LogP) is 0.770. The van der Waals surface area contributed by atoms with E-state index in [0.717, 1.165) is 25.9 Å². The standard InChI is InChI=1S/C15H24N4O2/c1-12(15(20)18-6-8-21-9-7-18)19-11-17-10-14(19)13-2-4-16-5-3-13/h10-13,16H,2-9H2,1H3. The van der Waals surface area contributed by atoms with Crippen LogP contribution in [-0.4, -0.2) is 59.8 Å². The number of morpholine rings is 1. The molecule has 0 spiro atoms. The van der Waals surface area contributed by atoms with Crippen LogP contribution in [0.1, 0.15) is 37.4 Å². The number of nitrogens with one attached hydrogen (secondary N) is 1. The fraction of sp³-hybridized carbons (Fsp3) is 0.733. The molecule has 2 aliphatic heterocycles. The van der Waals surface area contributed by atoms with Crippen molar-refractivity contribution in [3.63, 3.8) is 0 Å². The number of rotatable bonds is 3. The summed E-state index contributed by atoms with van der Waals surface area (Å²) in [5.74, 6) is 0.681. The van der Waals surface area contributed by atoms with Crippen molar-refractivity contribution in [2.24, 2.45) is 0 Å². The van der Waals surface area contributed by atoms with Gasteiger partial charge >= 0.3 is 0 Å². The Bertz CT molecular complexity index is 476. The monoisotopic (exact) mass is 292 g/mol. The van der Waals surface area contributed by atoms with Gasteiger partial charge in [-0.1, -0.05) is 0 Å². The van der Waals surface area contributed by atoms with E-state index in [4.69, 9.17) is 4.74 Å². The largest absolute Gasteiger partial charge is 0.378 e. The van der Waals surface area contributed by atoms with Crippen LogP contribution in [0, 0.1) is 0 Å². The molecule has 2 saturated heterocycles. The molecule has 0 bridgehead atoms. The van der Waals surface area contributed by atoms with E-state index < -0.39 is 0 Å². The number of piperidine rings is 1. The number of aromatic nitrogens is 2. The number of hydrogen-bond donors (Lipinski definition) is 1. The zero-order chi connectivity index (χ0) is 14.7. The molecular weight excluding hydrogens is 268 g/mol. The first-order valence-corrected chi connectivity index (χ1v) is 7.86. The van der Waals surface area contributed by atoms with Crippen LogP contribution in [-0.2, 0) is 9.53 Å². The molecule has 3 rings (SSSR count). The van der Waals surface area contributed by atoms with Gasteiger partial charge in [-0.25, -0.2) is 4.98 Å². The molecule has 6 heteroatoms. The Morgan fingerprint density at radius 3 is 2.81 bits per heavy atom. The van der Waals surface area contributed by atoms with Crippen LogP contribution < -0.4 is 5.32 Å². The normalized spacial score (nSPS) is 22.2. The summed E-state index contributed by atoms with van der Waals surface area (Å²) >= 11 is 0. The Hall–Kier alpha value is -1.40. The van der Waals surface area contributed by atoms with Gasteiger partial charge in [-0.05, 0) is 32.9 Å². The highest BCUT2D eigenvalue weighted by molar-refractivity contribution is 5.80. The van der Waals surface area contributed by atoms with Crippen molar-refractivity contribution >= 4 is 5.91 Å². The van der Waals surface area contributed by atoms with Gasteiger partial charge in [-0.15, -0.1) is 0 Å². The van der Waals surface area contributed by atoms with Crippen molar-refractivity contribution < 1.29 is 9.53 Å². The highest BCUT2D eigenvalue weighted by Crippen LogP contribution is 2.27. The first-order valence-electron chi connectivity index (χ1n) is 7.86. The molecule has 2 aliphatic rings. The number of hydrogen-bond acceptors (Lipinski definition) is 4. The molecule has 21 heavy (non-hydrogen) atoms. The molecule has 1 amide bonds. The minimum atomic E-state index is -0.185. The fourth-order valence-electron chi connectivity index (χ4n) is 3.24. The van der Waals surface area contributed by atoms with Crippen LogP contribution in [0.2, 0.25) is 0 Å². The molecule has 0 saturated carbocycles. The number of nitrogens with zero attached hydrogens (tertiary/aromatic N) is 3. The molecule has 116 valence electrons. The molecule has 0 aliphatic carbocycles. The molecular formula is C15H24N4O2. The van der Waals surface area contributed by atoms with E-state index in [1.54, 1.807) is 6.33 Å². The van der Waals surface area contributed by atoms with Crippen LogP contribution >= 0.6 is 0 Å². The summed E-state index contributed by atoms with van der Waals surface area (Å²) in [5, 5.41) is 3.38. The van der Waals surface area contributed by atoms with Gasteiger partial charge in [0.15, 0.2) is 0 Å². The lowest BCUT2D eigenvalue weighted by atomic mass is 9.94. The predicted molar refractivity (Wildman–Crippen MR) is 79.2 cm³/mol. The van der Waals surface area contributed by atoms with E-state index in [0.29, 0.717) is 32.2 Å². The molecule has 1 unspecified atom stereocenters. The quantitative estimate of drug-likeness (QED) is 0.894. The number of carbonyl (C=O) groups excluding carboxylic acids is 1. The van der Waals surface area contributed by atoms with E-state index in [1.807, 2.05) is 18.0 Å². The fourth-order valence-corrected chi connectivity index (χ4v) is 3.24. The Morgan fingerprint density at radius 2 is 2.10 bits per heavy atom. The summed E-state index contributed by atoms with van der Waals surface area (Å²) in [4.78, 5) is 18.8. The lowest BCUT2D eigenvalue weighted by Crippen LogP contribution is -2.44. The molecule has 1 N–H and O–H groups in total.